The number of para-hydroxylation sites is 1. The summed E-state index contributed by atoms with van der Waals surface area (Å²) < 4.78 is 37.7. The van der Waals surface area contributed by atoms with Crippen LogP contribution in [0.25, 0.3) is 0 Å². The summed E-state index contributed by atoms with van der Waals surface area (Å²) in [4.78, 5) is 12.6. The molecule has 7 nitrogen and oxygen atoms in total. The molecule has 1 aliphatic rings. The third-order valence-corrected chi connectivity index (χ3v) is 6.55. The van der Waals surface area contributed by atoms with Crippen molar-refractivity contribution in [2.75, 3.05) is 18.1 Å². The number of sulfonamides is 1. The van der Waals surface area contributed by atoms with Gasteiger partial charge in [-0.1, -0.05) is 30.3 Å². The average Bonchev–Trinajstić information content (AvgIpc) is 3.25. The van der Waals surface area contributed by atoms with Crippen LogP contribution >= 0.6 is 0 Å². The highest BCUT2D eigenvalue weighted by Crippen LogP contribution is 2.32. The molecule has 0 saturated heterocycles. The minimum Gasteiger partial charge on any atom is -0.454 e. The number of hydrogen-bond donors (Lipinski definition) is 1. The Morgan fingerprint density at radius 3 is 2.53 bits per heavy atom. The molecule has 0 aromatic heterocycles. The number of amides is 1. The summed E-state index contributed by atoms with van der Waals surface area (Å²) in [7, 11) is -2.32. The molecule has 1 N–H and O–H groups in total. The van der Waals surface area contributed by atoms with Crippen molar-refractivity contribution in [2.45, 2.75) is 11.4 Å². The molecule has 0 spiro atoms. The molecule has 1 amide bonds. The second-order valence-electron chi connectivity index (χ2n) is 6.71. The van der Waals surface area contributed by atoms with Crippen LogP contribution < -0.4 is 19.1 Å². The highest BCUT2D eigenvalue weighted by molar-refractivity contribution is 7.92. The van der Waals surface area contributed by atoms with Gasteiger partial charge in [-0.2, -0.15) is 0 Å². The van der Waals surface area contributed by atoms with Gasteiger partial charge < -0.3 is 14.8 Å². The molecule has 3 aromatic carbocycles. The molecule has 8 heteroatoms. The molecule has 154 valence electrons. The summed E-state index contributed by atoms with van der Waals surface area (Å²) in [5.41, 5.74) is 1.65. The summed E-state index contributed by atoms with van der Waals surface area (Å²) in [6.45, 7) is 0.459. The van der Waals surface area contributed by atoms with Crippen molar-refractivity contribution in [3.8, 4) is 11.5 Å². The summed E-state index contributed by atoms with van der Waals surface area (Å²) in [5.74, 6) is 0.941. The Labute approximate surface area is 174 Å². The second-order valence-corrected chi connectivity index (χ2v) is 8.68. The van der Waals surface area contributed by atoms with Gasteiger partial charge in [0.2, 0.25) is 6.79 Å². The van der Waals surface area contributed by atoms with Gasteiger partial charge in [-0.3, -0.25) is 9.10 Å². The van der Waals surface area contributed by atoms with Crippen LogP contribution in [0, 0.1) is 0 Å². The van der Waals surface area contributed by atoms with Gasteiger partial charge in [0.1, 0.15) is 0 Å². The molecule has 0 aliphatic carbocycles. The molecule has 3 aromatic rings. The van der Waals surface area contributed by atoms with Gasteiger partial charge in [-0.25, -0.2) is 8.42 Å². The highest BCUT2D eigenvalue weighted by atomic mass is 32.2. The number of nitrogens with zero attached hydrogens (tertiary/aromatic N) is 1. The SMILES string of the molecule is CN(c1ccccc1)S(=O)(=O)c1cccc(C(=O)NCc2ccc3c(c2)OCO3)c1. The molecule has 1 heterocycles. The Kier molecular flexibility index (Phi) is 5.33. The van der Waals surface area contributed by atoms with E-state index >= 15 is 0 Å². The van der Waals surface area contributed by atoms with Gasteiger partial charge in [0.05, 0.1) is 10.6 Å². The second kappa shape index (κ2) is 8.08. The number of nitrogens with one attached hydrogen (secondary N) is 1. The van der Waals surface area contributed by atoms with Gasteiger partial charge in [0.15, 0.2) is 11.5 Å². The van der Waals surface area contributed by atoms with Crippen LogP contribution in [-0.4, -0.2) is 28.2 Å². The van der Waals surface area contributed by atoms with Crippen molar-refractivity contribution in [1.82, 2.24) is 5.32 Å². The molecule has 1 aliphatic heterocycles. The van der Waals surface area contributed by atoms with E-state index in [-0.39, 0.29) is 29.7 Å². The zero-order chi connectivity index (χ0) is 21.1. The molecule has 0 fully saturated rings. The lowest BCUT2D eigenvalue weighted by Crippen LogP contribution is -2.27. The summed E-state index contributed by atoms with van der Waals surface area (Å²) >= 11 is 0. The monoisotopic (exact) mass is 424 g/mol. The maximum absolute atomic E-state index is 13.0. The number of benzene rings is 3. The van der Waals surface area contributed by atoms with Crippen molar-refractivity contribution in [1.29, 1.82) is 0 Å². The standard InChI is InChI=1S/C22H20N2O5S/c1-24(18-7-3-2-4-8-18)30(26,27)19-9-5-6-17(13-19)22(25)23-14-16-10-11-20-21(12-16)29-15-28-20/h2-13H,14-15H2,1H3,(H,23,25). The summed E-state index contributed by atoms with van der Waals surface area (Å²) in [6, 6.07) is 20.2. The van der Waals surface area contributed by atoms with Crippen LogP contribution in [-0.2, 0) is 16.6 Å². The predicted molar refractivity (Wildman–Crippen MR) is 112 cm³/mol. The van der Waals surface area contributed by atoms with Gasteiger partial charge in [-0.05, 0) is 48.0 Å². The van der Waals surface area contributed by atoms with E-state index in [4.69, 9.17) is 9.47 Å². The minimum absolute atomic E-state index is 0.0459. The number of hydrogen-bond acceptors (Lipinski definition) is 5. The first kappa shape index (κ1) is 19.8. The third kappa shape index (κ3) is 3.95. The Morgan fingerprint density at radius 1 is 0.967 bits per heavy atom. The van der Waals surface area contributed by atoms with Gasteiger partial charge in [-0.15, -0.1) is 0 Å². The third-order valence-electron chi connectivity index (χ3n) is 4.76. The molecular formula is C22H20N2O5S. The molecular weight excluding hydrogens is 404 g/mol. The first-order valence-corrected chi connectivity index (χ1v) is 10.7. The molecule has 0 bridgehead atoms. The number of carbonyl (C=O) groups is 1. The van der Waals surface area contributed by atoms with E-state index in [1.165, 1.54) is 23.5 Å². The smallest absolute Gasteiger partial charge is 0.264 e. The molecule has 4 rings (SSSR count). The number of ether oxygens (including phenoxy) is 2. The van der Waals surface area contributed by atoms with Crippen molar-refractivity contribution in [3.63, 3.8) is 0 Å². The Balaban J connectivity index is 1.49. The van der Waals surface area contributed by atoms with E-state index in [0.29, 0.717) is 17.2 Å². The number of fused-ring (bicyclic) bond motifs is 1. The molecule has 0 unspecified atom stereocenters. The first-order chi connectivity index (χ1) is 14.4. The number of carbonyl (C=O) groups excluding carboxylic acids is 1. The summed E-state index contributed by atoms with van der Waals surface area (Å²) in [5, 5.41) is 2.80. The fourth-order valence-electron chi connectivity index (χ4n) is 3.07. The van der Waals surface area contributed by atoms with Gasteiger partial charge >= 0.3 is 0 Å². The zero-order valence-electron chi connectivity index (χ0n) is 16.2. The predicted octanol–water partition coefficient (Wildman–Crippen LogP) is 3.17. The Morgan fingerprint density at radius 2 is 1.73 bits per heavy atom. The maximum Gasteiger partial charge on any atom is 0.264 e. The van der Waals surface area contributed by atoms with Crippen LogP contribution in [0.3, 0.4) is 0 Å². The molecule has 0 saturated carbocycles. The van der Waals surface area contributed by atoms with Crippen LogP contribution in [0.5, 0.6) is 11.5 Å². The van der Waals surface area contributed by atoms with E-state index in [1.807, 2.05) is 12.1 Å². The zero-order valence-corrected chi connectivity index (χ0v) is 17.1. The molecule has 30 heavy (non-hydrogen) atoms. The lowest BCUT2D eigenvalue weighted by molar-refractivity contribution is 0.0950. The minimum atomic E-state index is -3.80. The topological polar surface area (TPSA) is 84.9 Å². The lowest BCUT2D eigenvalue weighted by atomic mass is 10.2. The van der Waals surface area contributed by atoms with E-state index < -0.39 is 10.0 Å². The number of anilines is 1. The van der Waals surface area contributed by atoms with Crippen LogP contribution in [0.2, 0.25) is 0 Å². The maximum atomic E-state index is 13.0. The highest BCUT2D eigenvalue weighted by Gasteiger charge is 2.22. The average molecular weight is 424 g/mol. The van der Waals surface area contributed by atoms with Crippen LogP contribution in [0.15, 0.2) is 77.7 Å². The first-order valence-electron chi connectivity index (χ1n) is 9.26. The van der Waals surface area contributed by atoms with Crippen molar-refractivity contribution in [2.24, 2.45) is 0 Å². The van der Waals surface area contributed by atoms with Crippen molar-refractivity contribution >= 4 is 21.6 Å². The quantitative estimate of drug-likeness (QED) is 0.657. The van der Waals surface area contributed by atoms with E-state index in [0.717, 1.165) is 5.56 Å². The fraction of sp³-hybridized carbons (Fsp3) is 0.136. The van der Waals surface area contributed by atoms with Crippen molar-refractivity contribution in [3.05, 3.63) is 83.9 Å². The summed E-state index contributed by atoms with van der Waals surface area (Å²) in [6.07, 6.45) is 0. The Bertz CT molecular complexity index is 1180. The van der Waals surface area contributed by atoms with E-state index in [1.54, 1.807) is 48.5 Å². The van der Waals surface area contributed by atoms with Crippen LogP contribution in [0.4, 0.5) is 5.69 Å². The largest absolute Gasteiger partial charge is 0.454 e. The number of rotatable bonds is 6. The molecule has 0 radical (unpaired) electrons. The fourth-order valence-corrected chi connectivity index (χ4v) is 4.31. The van der Waals surface area contributed by atoms with Crippen molar-refractivity contribution < 1.29 is 22.7 Å². The van der Waals surface area contributed by atoms with E-state index in [2.05, 4.69) is 5.32 Å². The lowest BCUT2D eigenvalue weighted by Gasteiger charge is -2.19. The Hall–Kier alpha value is -3.52. The normalized spacial score (nSPS) is 12.4. The van der Waals surface area contributed by atoms with E-state index in [9.17, 15) is 13.2 Å². The van der Waals surface area contributed by atoms with Crippen LogP contribution in [0.1, 0.15) is 15.9 Å². The molecule has 0 atom stereocenters. The van der Waals surface area contributed by atoms with Gasteiger partial charge in [0.25, 0.3) is 15.9 Å². The van der Waals surface area contributed by atoms with Gasteiger partial charge in [0, 0.05) is 19.2 Å².